The molecule has 7 rings (SSSR count). The average molecular weight is 709 g/mol. The summed E-state index contributed by atoms with van der Waals surface area (Å²) in [6.45, 7) is 2.93. The molecule has 0 saturated carbocycles. The van der Waals surface area contributed by atoms with Gasteiger partial charge >= 0.3 is 0 Å². The van der Waals surface area contributed by atoms with E-state index in [1.54, 1.807) is 0 Å². The van der Waals surface area contributed by atoms with Gasteiger partial charge in [-0.25, -0.2) is 4.98 Å². The Labute approximate surface area is 309 Å². The normalized spacial score (nSPS) is 18.5. The number of likely N-dealkylation sites (N-methyl/N-ethyl adjacent to an activating group) is 1. The van der Waals surface area contributed by atoms with Crippen LogP contribution in [-0.4, -0.2) is 56.7 Å². The number of benzene rings is 5. The fourth-order valence-electron chi connectivity index (χ4n) is 6.76. The maximum Gasteiger partial charge on any atom is 0.271 e. The Morgan fingerprint density at radius 3 is 2.32 bits per heavy atom. The monoisotopic (exact) mass is 708 g/mol. The van der Waals surface area contributed by atoms with Crippen molar-refractivity contribution in [3.63, 3.8) is 0 Å². The van der Waals surface area contributed by atoms with Gasteiger partial charge < -0.3 is 25.0 Å². The van der Waals surface area contributed by atoms with Gasteiger partial charge in [-0.15, -0.1) is 0 Å². The SMILES string of the molecule is CC(C(O)c1ccccc1)N(C)CC1CC(c2ccc(CO)cc2)OC(c2cccc(-c3cccc(CNC(=O)c4cnc5ccccc5n4)c3)c2)O1. The molecule has 0 bridgehead atoms. The minimum absolute atomic E-state index is 0.0217. The molecule has 1 aliphatic rings. The van der Waals surface area contributed by atoms with Crippen molar-refractivity contribution in [2.45, 2.75) is 57.1 Å². The molecule has 5 aromatic carbocycles. The molecule has 1 aliphatic heterocycles. The van der Waals surface area contributed by atoms with Crippen LogP contribution in [0.25, 0.3) is 22.2 Å². The van der Waals surface area contributed by atoms with Crippen LogP contribution in [0.1, 0.15) is 70.1 Å². The van der Waals surface area contributed by atoms with Gasteiger partial charge in [-0.1, -0.05) is 103 Å². The Bertz CT molecular complexity index is 2140. The number of fused-ring (bicyclic) bond motifs is 1. The van der Waals surface area contributed by atoms with Crippen molar-refractivity contribution in [2.24, 2.45) is 0 Å². The Morgan fingerprint density at radius 2 is 1.55 bits per heavy atom. The first kappa shape index (κ1) is 36.1. The molecule has 1 amide bonds. The highest BCUT2D eigenvalue weighted by Gasteiger charge is 2.34. The van der Waals surface area contributed by atoms with Crippen molar-refractivity contribution in [3.8, 4) is 11.1 Å². The standard InChI is InChI=1S/C44H44N4O5/c1-29(42(50)33-11-4-3-5-12-33)48(2)27-37-24-41(32-20-18-30(28-49)19-21-32)53-44(52-37)36-15-9-14-35(23-36)34-13-8-10-31(22-34)25-46-43(51)40-26-45-38-16-6-7-17-39(38)47-40/h3-23,26,29,37,41-42,44,49-50H,24-25,27-28H2,1-2H3,(H,46,51). The molecule has 1 saturated heterocycles. The van der Waals surface area contributed by atoms with Crippen LogP contribution in [0, 0.1) is 0 Å². The zero-order valence-electron chi connectivity index (χ0n) is 29.9. The Balaban J connectivity index is 1.07. The van der Waals surface area contributed by atoms with E-state index in [9.17, 15) is 15.0 Å². The Hall–Kier alpha value is -5.29. The van der Waals surface area contributed by atoms with E-state index in [1.165, 1.54) is 6.20 Å². The molecule has 3 N–H and O–H groups in total. The van der Waals surface area contributed by atoms with E-state index in [1.807, 2.05) is 123 Å². The highest BCUT2D eigenvalue weighted by atomic mass is 16.7. The third-order valence-corrected chi connectivity index (χ3v) is 9.95. The van der Waals surface area contributed by atoms with Crippen molar-refractivity contribution in [3.05, 3.63) is 167 Å². The summed E-state index contributed by atoms with van der Waals surface area (Å²) in [5.41, 5.74) is 8.24. The molecule has 1 fully saturated rings. The van der Waals surface area contributed by atoms with Gasteiger partial charge in [0.15, 0.2) is 6.29 Å². The lowest BCUT2D eigenvalue weighted by molar-refractivity contribution is -0.253. The van der Waals surface area contributed by atoms with Gasteiger partial charge in [-0.05, 0) is 71.6 Å². The number of aliphatic hydroxyl groups excluding tert-OH is 2. The van der Waals surface area contributed by atoms with Crippen molar-refractivity contribution in [1.29, 1.82) is 0 Å². The van der Waals surface area contributed by atoms with E-state index in [2.05, 4.69) is 38.4 Å². The summed E-state index contributed by atoms with van der Waals surface area (Å²) in [6, 6.07) is 41.2. The molecule has 1 aromatic heterocycles. The van der Waals surface area contributed by atoms with Crippen molar-refractivity contribution in [1.82, 2.24) is 20.2 Å². The number of para-hydroxylation sites is 2. The van der Waals surface area contributed by atoms with Crippen LogP contribution in [0.4, 0.5) is 0 Å². The van der Waals surface area contributed by atoms with Crippen LogP contribution in [-0.2, 0) is 22.6 Å². The number of carbonyl (C=O) groups excluding carboxylic acids is 1. The van der Waals surface area contributed by atoms with Crippen LogP contribution in [0.3, 0.4) is 0 Å². The maximum atomic E-state index is 13.0. The van der Waals surface area contributed by atoms with Crippen LogP contribution >= 0.6 is 0 Å². The van der Waals surface area contributed by atoms with Crippen LogP contribution in [0.5, 0.6) is 0 Å². The fourth-order valence-corrected chi connectivity index (χ4v) is 6.76. The molecular weight excluding hydrogens is 665 g/mol. The highest BCUT2D eigenvalue weighted by molar-refractivity contribution is 5.93. The van der Waals surface area contributed by atoms with E-state index >= 15 is 0 Å². The summed E-state index contributed by atoms with van der Waals surface area (Å²) >= 11 is 0. The van der Waals surface area contributed by atoms with Crippen molar-refractivity contribution in [2.75, 3.05) is 13.6 Å². The van der Waals surface area contributed by atoms with Gasteiger partial charge in [0.25, 0.3) is 5.91 Å². The third-order valence-electron chi connectivity index (χ3n) is 9.95. The summed E-state index contributed by atoms with van der Waals surface area (Å²) < 4.78 is 13.3. The van der Waals surface area contributed by atoms with Crippen LogP contribution in [0.2, 0.25) is 0 Å². The molecule has 53 heavy (non-hydrogen) atoms. The molecule has 270 valence electrons. The molecule has 0 aliphatic carbocycles. The molecule has 0 radical (unpaired) electrons. The molecule has 2 heterocycles. The number of hydrogen-bond donors (Lipinski definition) is 3. The number of nitrogens with one attached hydrogen (secondary N) is 1. The van der Waals surface area contributed by atoms with Gasteiger partial charge in [0.2, 0.25) is 0 Å². The Kier molecular flexibility index (Phi) is 11.3. The number of nitrogens with zero attached hydrogens (tertiary/aromatic N) is 3. The maximum absolute atomic E-state index is 13.0. The molecular formula is C44H44N4O5. The van der Waals surface area contributed by atoms with E-state index in [4.69, 9.17) is 9.47 Å². The molecule has 0 spiro atoms. The van der Waals surface area contributed by atoms with E-state index in [0.29, 0.717) is 25.0 Å². The fraction of sp³-hybridized carbons (Fsp3) is 0.250. The van der Waals surface area contributed by atoms with Gasteiger partial charge in [0, 0.05) is 31.1 Å². The predicted octanol–water partition coefficient (Wildman–Crippen LogP) is 7.32. The van der Waals surface area contributed by atoms with Gasteiger partial charge in [0.1, 0.15) is 5.69 Å². The largest absolute Gasteiger partial charge is 0.392 e. The number of carbonyl (C=O) groups is 1. The zero-order valence-corrected chi connectivity index (χ0v) is 29.9. The summed E-state index contributed by atoms with van der Waals surface area (Å²) in [7, 11) is 2.01. The first-order valence-corrected chi connectivity index (χ1v) is 18.0. The molecule has 6 aromatic rings. The second kappa shape index (κ2) is 16.6. The van der Waals surface area contributed by atoms with Gasteiger partial charge in [0.05, 0.1) is 42.1 Å². The van der Waals surface area contributed by atoms with Crippen molar-refractivity contribution >= 4 is 16.9 Å². The van der Waals surface area contributed by atoms with E-state index in [0.717, 1.165) is 44.5 Å². The minimum Gasteiger partial charge on any atom is -0.392 e. The minimum atomic E-state index is -0.646. The third kappa shape index (κ3) is 8.68. The zero-order chi connectivity index (χ0) is 36.7. The molecule has 5 unspecified atom stereocenters. The highest BCUT2D eigenvalue weighted by Crippen LogP contribution is 2.39. The quantitative estimate of drug-likeness (QED) is 0.121. The Morgan fingerprint density at radius 1 is 0.830 bits per heavy atom. The summed E-state index contributed by atoms with van der Waals surface area (Å²) in [6.07, 6.45) is 0.426. The second-order valence-corrected chi connectivity index (χ2v) is 13.6. The predicted molar refractivity (Wildman–Crippen MR) is 205 cm³/mol. The van der Waals surface area contributed by atoms with Crippen LogP contribution in [0.15, 0.2) is 134 Å². The average Bonchev–Trinajstić information content (AvgIpc) is 3.22. The number of aromatic nitrogens is 2. The number of amides is 1. The van der Waals surface area contributed by atoms with Crippen LogP contribution < -0.4 is 5.32 Å². The summed E-state index contributed by atoms with van der Waals surface area (Å²) in [5, 5.41) is 23.7. The number of hydrogen-bond acceptors (Lipinski definition) is 8. The summed E-state index contributed by atoms with van der Waals surface area (Å²) in [5.74, 6) is -0.285. The molecule has 9 nitrogen and oxygen atoms in total. The number of aliphatic hydroxyl groups is 2. The molecule has 5 atom stereocenters. The van der Waals surface area contributed by atoms with E-state index in [-0.39, 0.29) is 36.5 Å². The smallest absolute Gasteiger partial charge is 0.271 e. The van der Waals surface area contributed by atoms with Gasteiger partial charge in [-0.2, -0.15) is 0 Å². The lowest BCUT2D eigenvalue weighted by atomic mass is 9.97. The lowest BCUT2D eigenvalue weighted by Crippen LogP contribution is -2.43. The number of ether oxygens (including phenoxy) is 2. The summed E-state index contributed by atoms with van der Waals surface area (Å²) in [4.78, 5) is 23.9. The first-order valence-electron chi connectivity index (χ1n) is 18.0. The lowest BCUT2D eigenvalue weighted by Gasteiger charge is -2.39. The number of rotatable bonds is 12. The topological polar surface area (TPSA) is 117 Å². The van der Waals surface area contributed by atoms with Gasteiger partial charge in [-0.3, -0.25) is 14.7 Å². The second-order valence-electron chi connectivity index (χ2n) is 13.6. The first-order chi connectivity index (χ1) is 25.8. The van der Waals surface area contributed by atoms with Crippen molar-refractivity contribution < 1.29 is 24.5 Å². The van der Waals surface area contributed by atoms with E-state index < -0.39 is 12.4 Å². The molecule has 9 heteroatoms.